The fraction of sp³-hybridized carbons (Fsp3) is 0.500. The summed E-state index contributed by atoms with van der Waals surface area (Å²) in [5.41, 5.74) is 0.668. The molecule has 0 saturated carbocycles. The highest BCUT2D eigenvalue weighted by atomic mass is 19.1. The van der Waals surface area contributed by atoms with Crippen LogP contribution < -0.4 is 5.32 Å². The minimum absolute atomic E-state index is 0.00191. The Kier molecular flexibility index (Phi) is 5.92. The molecule has 1 aliphatic heterocycles. The van der Waals surface area contributed by atoms with Crippen molar-refractivity contribution in [3.05, 3.63) is 60.2 Å². The van der Waals surface area contributed by atoms with Gasteiger partial charge in [-0.25, -0.2) is 4.39 Å². The number of allylic oxidation sites excluding steroid dienone is 2. The number of halogens is 1. The second kappa shape index (κ2) is 8.17. The van der Waals surface area contributed by atoms with Crippen LogP contribution in [0, 0.1) is 5.41 Å². The quantitative estimate of drug-likeness (QED) is 0.617. The molecular weight excluding hydrogens is 327 g/mol. The van der Waals surface area contributed by atoms with E-state index in [9.17, 15) is 4.79 Å². The Morgan fingerprint density at radius 2 is 1.73 bits per heavy atom. The predicted molar refractivity (Wildman–Crippen MR) is 103 cm³/mol. The minimum atomic E-state index is -1.53. The van der Waals surface area contributed by atoms with Crippen molar-refractivity contribution in [2.45, 2.75) is 44.8 Å². The van der Waals surface area contributed by atoms with E-state index in [0.717, 1.165) is 31.5 Å². The number of amides is 1. The molecule has 0 bridgehead atoms. The number of piperidine rings is 1. The first-order chi connectivity index (χ1) is 12.6. The standard InChI is InChI=1S/C22H29FN2O/c1-2-24-20(26)18-21(17-19-9-5-3-6-10-19)11-13-22(23,14-12-21)25-15-7-4-8-16-25/h3,5-6,9-14H,2,4,7-8,15-18H2,1H3,(H,24,26). The Balaban J connectivity index is 1.82. The zero-order chi connectivity index (χ0) is 18.5. The molecule has 1 saturated heterocycles. The summed E-state index contributed by atoms with van der Waals surface area (Å²) in [6.45, 7) is 4.09. The Morgan fingerprint density at radius 1 is 1.08 bits per heavy atom. The number of benzene rings is 1. The van der Waals surface area contributed by atoms with Crippen molar-refractivity contribution in [3.63, 3.8) is 0 Å². The van der Waals surface area contributed by atoms with Crippen LogP contribution in [0.4, 0.5) is 4.39 Å². The highest BCUT2D eigenvalue weighted by Gasteiger charge is 2.39. The van der Waals surface area contributed by atoms with Gasteiger partial charge < -0.3 is 5.32 Å². The number of alkyl halides is 1. The maximum Gasteiger partial charge on any atom is 0.221 e. The van der Waals surface area contributed by atoms with Gasteiger partial charge in [-0.05, 0) is 43.9 Å². The van der Waals surface area contributed by atoms with Crippen LogP contribution in [0.3, 0.4) is 0 Å². The van der Waals surface area contributed by atoms with Crippen LogP contribution in [0.25, 0.3) is 0 Å². The van der Waals surface area contributed by atoms with Crippen molar-refractivity contribution < 1.29 is 9.18 Å². The largest absolute Gasteiger partial charge is 0.356 e. The van der Waals surface area contributed by atoms with Crippen LogP contribution in [-0.2, 0) is 11.2 Å². The van der Waals surface area contributed by atoms with Crippen molar-refractivity contribution in [2.75, 3.05) is 19.6 Å². The Bertz CT molecular complexity index is 648. The summed E-state index contributed by atoms with van der Waals surface area (Å²) < 4.78 is 15.5. The minimum Gasteiger partial charge on any atom is -0.356 e. The zero-order valence-corrected chi connectivity index (χ0v) is 15.6. The Labute approximate surface area is 156 Å². The second-order valence-corrected chi connectivity index (χ2v) is 7.47. The van der Waals surface area contributed by atoms with E-state index >= 15 is 4.39 Å². The lowest BCUT2D eigenvalue weighted by Crippen LogP contribution is -2.47. The van der Waals surface area contributed by atoms with Gasteiger partial charge in [0.15, 0.2) is 0 Å². The van der Waals surface area contributed by atoms with Crippen LogP contribution >= 0.6 is 0 Å². The smallest absolute Gasteiger partial charge is 0.221 e. The van der Waals surface area contributed by atoms with Gasteiger partial charge in [0, 0.05) is 31.5 Å². The first-order valence-electron chi connectivity index (χ1n) is 9.71. The molecule has 0 atom stereocenters. The van der Waals surface area contributed by atoms with Crippen LogP contribution in [0.1, 0.15) is 38.2 Å². The normalized spacial score (nSPS) is 28.8. The molecule has 1 amide bonds. The molecule has 3 rings (SSSR count). The van der Waals surface area contributed by atoms with E-state index in [4.69, 9.17) is 0 Å². The molecule has 26 heavy (non-hydrogen) atoms. The fourth-order valence-corrected chi connectivity index (χ4v) is 3.96. The summed E-state index contributed by atoms with van der Waals surface area (Å²) in [6, 6.07) is 10.1. The molecule has 3 nitrogen and oxygen atoms in total. The molecule has 1 aliphatic carbocycles. The number of carbonyl (C=O) groups is 1. The van der Waals surface area contributed by atoms with Crippen LogP contribution in [-0.4, -0.2) is 36.2 Å². The van der Waals surface area contributed by atoms with Gasteiger partial charge in [0.25, 0.3) is 0 Å². The molecule has 1 aromatic carbocycles. The number of rotatable bonds is 6. The van der Waals surface area contributed by atoms with Gasteiger partial charge in [-0.2, -0.15) is 0 Å². The molecule has 2 aliphatic rings. The van der Waals surface area contributed by atoms with Crippen molar-refractivity contribution in [1.29, 1.82) is 0 Å². The lowest BCUT2D eigenvalue weighted by Gasteiger charge is -2.40. The third kappa shape index (κ3) is 4.42. The third-order valence-corrected chi connectivity index (χ3v) is 5.38. The summed E-state index contributed by atoms with van der Waals surface area (Å²) in [6.07, 6.45) is 11.5. The van der Waals surface area contributed by atoms with Crippen LogP contribution in [0.2, 0.25) is 0 Å². The van der Waals surface area contributed by atoms with E-state index in [1.807, 2.05) is 42.2 Å². The second-order valence-electron chi connectivity index (χ2n) is 7.47. The lowest BCUT2D eigenvalue weighted by atomic mass is 9.74. The molecule has 1 heterocycles. The number of nitrogens with zero attached hydrogens (tertiary/aromatic N) is 1. The number of nitrogens with one attached hydrogen (secondary N) is 1. The fourth-order valence-electron chi connectivity index (χ4n) is 3.96. The molecule has 0 radical (unpaired) electrons. The molecule has 1 fully saturated rings. The van der Waals surface area contributed by atoms with Gasteiger partial charge in [-0.1, -0.05) is 48.9 Å². The number of carbonyl (C=O) groups excluding carboxylic acids is 1. The summed E-state index contributed by atoms with van der Waals surface area (Å²) in [5, 5.41) is 2.88. The first kappa shape index (κ1) is 18.8. The lowest BCUT2D eigenvalue weighted by molar-refractivity contribution is -0.122. The number of likely N-dealkylation sites (tertiary alicyclic amines) is 1. The molecule has 4 heteroatoms. The molecule has 1 N–H and O–H groups in total. The van der Waals surface area contributed by atoms with Gasteiger partial charge in [0.05, 0.1) is 0 Å². The Morgan fingerprint density at radius 3 is 2.35 bits per heavy atom. The van der Waals surface area contributed by atoms with E-state index in [0.29, 0.717) is 19.4 Å². The summed E-state index contributed by atoms with van der Waals surface area (Å²) in [7, 11) is 0. The third-order valence-electron chi connectivity index (χ3n) is 5.38. The van der Waals surface area contributed by atoms with Crippen molar-refractivity contribution in [2.24, 2.45) is 5.41 Å². The summed E-state index contributed by atoms with van der Waals surface area (Å²) >= 11 is 0. The van der Waals surface area contributed by atoms with E-state index in [1.54, 1.807) is 12.2 Å². The molecule has 1 aromatic rings. The summed E-state index contributed by atoms with van der Waals surface area (Å²) in [5.74, 6) is -1.52. The molecule has 0 unspecified atom stereocenters. The van der Waals surface area contributed by atoms with E-state index in [2.05, 4.69) is 17.4 Å². The van der Waals surface area contributed by atoms with E-state index in [1.165, 1.54) is 6.42 Å². The first-order valence-corrected chi connectivity index (χ1v) is 9.71. The average Bonchev–Trinajstić information content (AvgIpc) is 2.66. The van der Waals surface area contributed by atoms with E-state index in [-0.39, 0.29) is 5.91 Å². The molecule has 0 aromatic heterocycles. The van der Waals surface area contributed by atoms with Crippen LogP contribution in [0.15, 0.2) is 54.6 Å². The molecule has 0 spiro atoms. The maximum atomic E-state index is 15.5. The zero-order valence-electron chi connectivity index (χ0n) is 15.6. The SMILES string of the molecule is CCNC(=O)CC1(Cc2ccccc2)C=CC(F)(N2CCCCC2)C=C1. The van der Waals surface area contributed by atoms with Crippen LogP contribution in [0.5, 0.6) is 0 Å². The van der Waals surface area contributed by atoms with Gasteiger partial charge in [-0.15, -0.1) is 0 Å². The number of hydrogen-bond acceptors (Lipinski definition) is 2. The van der Waals surface area contributed by atoms with Gasteiger partial charge >= 0.3 is 0 Å². The highest BCUT2D eigenvalue weighted by Crippen LogP contribution is 2.39. The Hall–Kier alpha value is -1.94. The average molecular weight is 356 g/mol. The monoisotopic (exact) mass is 356 g/mol. The van der Waals surface area contributed by atoms with Crippen molar-refractivity contribution in [3.8, 4) is 0 Å². The van der Waals surface area contributed by atoms with Crippen molar-refractivity contribution in [1.82, 2.24) is 10.2 Å². The predicted octanol–water partition coefficient (Wildman–Crippen LogP) is 4.02. The maximum absolute atomic E-state index is 15.5. The van der Waals surface area contributed by atoms with E-state index < -0.39 is 11.2 Å². The topological polar surface area (TPSA) is 32.3 Å². The van der Waals surface area contributed by atoms with Gasteiger partial charge in [0.1, 0.15) is 0 Å². The number of hydrogen-bond donors (Lipinski definition) is 1. The summed E-state index contributed by atoms with van der Waals surface area (Å²) in [4.78, 5) is 14.2. The van der Waals surface area contributed by atoms with Gasteiger partial charge in [-0.3, -0.25) is 9.69 Å². The molecular formula is C22H29FN2O. The van der Waals surface area contributed by atoms with Gasteiger partial charge in [0.2, 0.25) is 11.7 Å². The molecule has 140 valence electrons. The highest BCUT2D eigenvalue weighted by molar-refractivity contribution is 5.77. The van der Waals surface area contributed by atoms with Crippen molar-refractivity contribution >= 4 is 5.91 Å².